The minimum Gasteiger partial charge on any atom is -0.468 e. The van der Waals surface area contributed by atoms with Gasteiger partial charge in [-0.15, -0.1) is 0 Å². The number of rotatable bonds is 5. The fraction of sp³-hybridized carbons (Fsp3) is 0.529. The van der Waals surface area contributed by atoms with Crippen molar-refractivity contribution in [3.8, 4) is 0 Å². The number of hydrogen-bond donors (Lipinski definition) is 1. The van der Waals surface area contributed by atoms with E-state index in [-0.39, 0.29) is 11.8 Å². The molecule has 3 rings (SSSR count). The van der Waals surface area contributed by atoms with E-state index < -0.39 is 11.6 Å². The number of benzene rings is 1. The maximum absolute atomic E-state index is 12.9. The van der Waals surface area contributed by atoms with Crippen molar-refractivity contribution in [3.63, 3.8) is 0 Å². The summed E-state index contributed by atoms with van der Waals surface area (Å²) < 4.78 is 5.84. The Morgan fingerprint density at radius 1 is 1.52 bits per heavy atom. The number of fused-ring (bicyclic) bond motifs is 2. The Balaban J connectivity index is 2.04. The quantitative estimate of drug-likeness (QED) is 0.884. The van der Waals surface area contributed by atoms with Gasteiger partial charge in [-0.1, -0.05) is 29.8 Å². The number of nitrogens with two attached hydrogens (primary N) is 1. The number of aliphatic imine (C=N–C) groups is 1. The minimum atomic E-state index is -0.925. The number of carbonyl (C=O) groups is 1. The van der Waals surface area contributed by atoms with Crippen LogP contribution in [-0.4, -0.2) is 35.8 Å². The molecule has 1 saturated carbocycles. The van der Waals surface area contributed by atoms with E-state index in [0.29, 0.717) is 17.3 Å². The van der Waals surface area contributed by atoms with Crippen LogP contribution in [0.2, 0.25) is 5.02 Å². The van der Waals surface area contributed by atoms with Gasteiger partial charge in [0, 0.05) is 10.6 Å². The highest BCUT2D eigenvalue weighted by Crippen LogP contribution is 2.44. The van der Waals surface area contributed by atoms with Gasteiger partial charge in [-0.3, -0.25) is 4.79 Å². The Morgan fingerprint density at radius 2 is 2.30 bits per heavy atom. The molecule has 1 heterocycles. The number of Topliss-reactive ketones (excluding diaryl/α,β-unsaturated/α-hetero) is 1. The van der Waals surface area contributed by atoms with Crippen LogP contribution in [0.1, 0.15) is 31.2 Å². The highest BCUT2D eigenvalue weighted by molar-refractivity contribution is 7.98. The highest BCUT2D eigenvalue weighted by Gasteiger charge is 2.52. The summed E-state index contributed by atoms with van der Waals surface area (Å²) in [6.45, 7) is 0. The molecule has 1 aromatic carbocycles. The normalized spacial score (nSPS) is 28.0. The average molecular weight is 353 g/mol. The predicted octanol–water partition coefficient (Wildman–Crippen LogP) is 3.17. The molecule has 1 aliphatic heterocycles. The van der Waals surface area contributed by atoms with E-state index in [0.717, 1.165) is 30.6 Å². The molecule has 1 aliphatic carbocycles. The molecule has 1 aromatic rings. The first kappa shape index (κ1) is 16.8. The van der Waals surface area contributed by atoms with Crippen LogP contribution in [0.15, 0.2) is 29.3 Å². The second-order valence-corrected chi connectivity index (χ2v) is 7.43. The van der Waals surface area contributed by atoms with Crippen LogP contribution in [0.4, 0.5) is 0 Å². The van der Waals surface area contributed by atoms with Crippen molar-refractivity contribution in [1.82, 2.24) is 0 Å². The molecule has 23 heavy (non-hydrogen) atoms. The molecule has 0 aromatic heterocycles. The van der Waals surface area contributed by atoms with Crippen molar-refractivity contribution in [3.05, 3.63) is 34.9 Å². The number of thioether (sulfide) groups is 1. The lowest BCUT2D eigenvalue weighted by Gasteiger charge is -2.42. The van der Waals surface area contributed by atoms with Crippen molar-refractivity contribution in [2.24, 2.45) is 10.7 Å². The van der Waals surface area contributed by atoms with E-state index in [2.05, 4.69) is 0 Å². The first-order chi connectivity index (χ1) is 11.1. The summed E-state index contributed by atoms with van der Waals surface area (Å²) in [7, 11) is 0. The SMILES string of the molecule is CSCC[C@H](N)C1=N[C@]2(c3ccccc3Cl)CCC[C@H](O1)C2=O. The number of hydrogen-bond acceptors (Lipinski definition) is 5. The minimum absolute atomic E-state index is 0.0117. The zero-order chi connectivity index (χ0) is 16.4. The van der Waals surface area contributed by atoms with Gasteiger partial charge in [0.2, 0.25) is 11.7 Å². The molecule has 0 unspecified atom stereocenters. The standard InChI is InChI=1S/C17H21ClN2O2S/c1-23-10-8-13(19)16-20-17(11-5-2-3-6-12(11)18)9-4-7-14(22-16)15(17)21/h2-3,5-6,13-14H,4,7-10,19H2,1H3/t13-,14-,17-/m0/s1. The van der Waals surface area contributed by atoms with Crippen LogP contribution in [0, 0.1) is 0 Å². The summed E-state index contributed by atoms with van der Waals surface area (Å²) in [5.74, 6) is 1.45. The zero-order valence-electron chi connectivity index (χ0n) is 13.1. The first-order valence-corrected chi connectivity index (χ1v) is 9.66. The summed E-state index contributed by atoms with van der Waals surface area (Å²) >= 11 is 8.11. The molecule has 0 radical (unpaired) electrons. The van der Waals surface area contributed by atoms with Crippen molar-refractivity contribution in [1.29, 1.82) is 0 Å². The fourth-order valence-electron chi connectivity index (χ4n) is 3.31. The van der Waals surface area contributed by atoms with Crippen LogP contribution in [0.5, 0.6) is 0 Å². The Morgan fingerprint density at radius 3 is 3.04 bits per heavy atom. The number of ketones is 1. The van der Waals surface area contributed by atoms with Crippen LogP contribution >= 0.6 is 23.4 Å². The molecule has 0 spiro atoms. The summed E-state index contributed by atoms with van der Waals surface area (Å²) in [5.41, 5.74) is 6.09. The van der Waals surface area contributed by atoms with E-state index in [1.807, 2.05) is 24.5 Å². The van der Waals surface area contributed by atoms with E-state index in [9.17, 15) is 4.79 Å². The highest BCUT2D eigenvalue weighted by atomic mass is 35.5. The first-order valence-electron chi connectivity index (χ1n) is 7.89. The van der Waals surface area contributed by atoms with Gasteiger partial charge < -0.3 is 10.5 Å². The lowest BCUT2D eigenvalue weighted by atomic mass is 9.73. The third kappa shape index (κ3) is 3.02. The molecule has 2 bridgehead atoms. The molecule has 0 amide bonds. The monoisotopic (exact) mass is 352 g/mol. The van der Waals surface area contributed by atoms with E-state index in [1.54, 1.807) is 17.8 Å². The molecule has 1 fully saturated rings. The van der Waals surface area contributed by atoms with Gasteiger partial charge in [0.15, 0.2) is 11.6 Å². The van der Waals surface area contributed by atoms with Gasteiger partial charge in [0.05, 0.1) is 6.04 Å². The predicted molar refractivity (Wildman–Crippen MR) is 95.3 cm³/mol. The molecule has 2 aliphatic rings. The van der Waals surface area contributed by atoms with Gasteiger partial charge in [-0.05, 0) is 43.8 Å². The second kappa shape index (κ2) is 6.83. The lowest BCUT2D eigenvalue weighted by molar-refractivity contribution is -0.137. The van der Waals surface area contributed by atoms with E-state index >= 15 is 0 Å². The fourth-order valence-corrected chi connectivity index (χ4v) is 4.09. The third-order valence-electron chi connectivity index (χ3n) is 4.54. The van der Waals surface area contributed by atoms with E-state index in [1.165, 1.54) is 0 Å². The Kier molecular flexibility index (Phi) is 4.99. The van der Waals surface area contributed by atoms with Gasteiger partial charge >= 0.3 is 0 Å². The zero-order valence-corrected chi connectivity index (χ0v) is 14.7. The summed E-state index contributed by atoms with van der Waals surface area (Å²) in [5, 5.41) is 0.573. The molecule has 2 N–H and O–H groups in total. The van der Waals surface area contributed by atoms with Crippen LogP contribution in [-0.2, 0) is 15.1 Å². The maximum Gasteiger partial charge on any atom is 0.205 e. The molecule has 6 heteroatoms. The third-order valence-corrected chi connectivity index (χ3v) is 5.51. The lowest BCUT2D eigenvalue weighted by Crippen LogP contribution is -2.54. The largest absolute Gasteiger partial charge is 0.468 e. The number of ether oxygens (including phenoxy) is 1. The van der Waals surface area contributed by atoms with Gasteiger partial charge in [-0.25, -0.2) is 4.99 Å². The molecule has 3 atom stereocenters. The molecule has 4 nitrogen and oxygen atoms in total. The number of carbonyl (C=O) groups excluding carboxylic acids is 1. The topological polar surface area (TPSA) is 64.7 Å². The van der Waals surface area contributed by atoms with Crippen molar-refractivity contribution in [2.75, 3.05) is 12.0 Å². The number of nitrogens with zero attached hydrogens (tertiary/aromatic N) is 1. The second-order valence-electron chi connectivity index (χ2n) is 6.04. The summed E-state index contributed by atoms with van der Waals surface area (Å²) in [6.07, 6.45) is 4.64. The van der Waals surface area contributed by atoms with Crippen LogP contribution in [0.3, 0.4) is 0 Å². The van der Waals surface area contributed by atoms with Crippen LogP contribution in [0.25, 0.3) is 0 Å². The van der Waals surface area contributed by atoms with Crippen molar-refractivity contribution < 1.29 is 9.53 Å². The molecular formula is C17H21ClN2O2S. The molecule has 124 valence electrons. The van der Waals surface area contributed by atoms with Crippen LogP contribution < -0.4 is 5.73 Å². The molecule has 0 saturated heterocycles. The summed E-state index contributed by atoms with van der Waals surface area (Å²) in [6, 6.07) is 7.17. The maximum atomic E-state index is 12.9. The van der Waals surface area contributed by atoms with Crippen molar-refractivity contribution in [2.45, 2.75) is 43.4 Å². The van der Waals surface area contributed by atoms with Gasteiger partial charge in [0.25, 0.3) is 0 Å². The van der Waals surface area contributed by atoms with Gasteiger partial charge in [0.1, 0.15) is 0 Å². The Bertz CT molecular complexity index is 637. The van der Waals surface area contributed by atoms with Gasteiger partial charge in [-0.2, -0.15) is 11.8 Å². The smallest absolute Gasteiger partial charge is 0.205 e. The number of halogens is 1. The molecular weight excluding hydrogens is 332 g/mol. The Hall–Kier alpha value is -1.04. The average Bonchev–Trinajstić information content (AvgIpc) is 2.53. The summed E-state index contributed by atoms with van der Waals surface area (Å²) in [4.78, 5) is 17.7. The van der Waals surface area contributed by atoms with Crippen molar-refractivity contribution >= 4 is 35.0 Å². The Labute approximate surface area is 145 Å². The van der Waals surface area contributed by atoms with E-state index in [4.69, 9.17) is 27.1 Å².